The lowest BCUT2D eigenvalue weighted by molar-refractivity contribution is 1.27. The van der Waals surface area contributed by atoms with Crippen LogP contribution in [0.3, 0.4) is 0 Å². The van der Waals surface area contributed by atoms with Crippen molar-refractivity contribution < 1.29 is 0 Å². The number of fused-ring (bicyclic) bond motifs is 1. The zero-order valence-electron chi connectivity index (χ0n) is 17.3. The van der Waals surface area contributed by atoms with Crippen molar-refractivity contribution in [1.29, 1.82) is 0 Å². The van der Waals surface area contributed by atoms with Gasteiger partial charge < -0.3 is 4.90 Å². The molecule has 4 aromatic carbocycles. The minimum atomic E-state index is 1.01. The minimum Gasteiger partial charge on any atom is -0.317 e. The topological polar surface area (TPSA) is 3.24 Å². The van der Waals surface area contributed by atoms with Crippen LogP contribution >= 0.6 is 0 Å². The van der Waals surface area contributed by atoms with Crippen molar-refractivity contribution in [1.82, 2.24) is 0 Å². The number of allylic oxidation sites excluding steroid dienone is 4. The second-order valence-electron chi connectivity index (χ2n) is 7.61. The minimum absolute atomic E-state index is 1.01. The zero-order valence-corrected chi connectivity index (χ0v) is 17.3. The molecule has 0 aromatic heterocycles. The van der Waals surface area contributed by atoms with Gasteiger partial charge >= 0.3 is 0 Å². The third-order valence-electron chi connectivity index (χ3n) is 5.61. The van der Waals surface area contributed by atoms with E-state index in [2.05, 4.69) is 121 Å². The summed E-state index contributed by atoms with van der Waals surface area (Å²) < 4.78 is 0. The highest BCUT2D eigenvalue weighted by atomic mass is 15.1. The summed E-state index contributed by atoms with van der Waals surface area (Å²) in [7, 11) is 0. The van der Waals surface area contributed by atoms with E-state index in [0.717, 1.165) is 22.5 Å². The fourth-order valence-electron chi connectivity index (χ4n) is 3.96. The molecule has 0 atom stereocenters. The second kappa shape index (κ2) is 8.33. The first-order chi connectivity index (χ1) is 15.3. The van der Waals surface area contributed by atoms with Gasteiger partial charge in [-0.1, -0.05) is 104 Å². The van der Waals surface area contributed by atoms with E-state index in [1.54, 1.807) is 0 Å². The first-order valence-electron chi connectivity index (χ1n) is 10.5. The van der Waals surface area contributed by atoms with Gasteiger partial charge in [-0.05, 0) is 52.1 Å². The largest absolute Gasteiger partial charge is 0.317 e. The van der Waals surface area contributed by atoms with E-state index in [1.807, 2.05) is 18.2 Å². The Hall–Kier alpha value is -4.10. The standard InChI is InChI=1S/C30H23N/c1-23-10-8-9-21-31(28-13-6-3-7-14-28)30-22-27(19-20-29(23)30)26-17-15-25(16-18-26)24-11-4-2-5-12-24/h2-22H,1H2/b10-8-,21-9-. The van der Waals surface area contributed by atoms with Crippen LogP contribution in [0.2, 0.25) is 0 Å². The van der Waals surface area contributed by atoms with Crippen molar-refractivity contribution in [2.75, 3.05) is 4.90 Å². The number of rotatable bonds is 3. The molecule has 1 aliphatic heterocycles. The number of hydrogen-bond acceptors (Lipinski definition) is 1. The fraction of sp³-hybridized carbons (Fsp3) is 0. The van der Waals surface area contributed by atoms with Crippen LogP contribution in [-0.4, -0.2) is 0 Å². The van der Waals surface area contributed by atoms with Gasteiger partial charge in [-0.25, -0.2) is 0 Å². The Morgan fingerprint density at radius 1 is 0.548 bits per heavy atom. The molecule has 0 aliphatic carbocycles. The number of anilines is 2. The maximum absolute atomic E-state index is 4.29. The van der Waals surface area contributed by atoms with Crippen LogP contribution in [0, 0.1) is 0 Å². The summed E-state index contributed by atoms with van der Waals surface area (Å²) in [5, 5.41) is 0. The molecule has 4 aromatic rings. The van der Waals surface area contributed by atoms with E-state index in [9.17, 15) is 0 Å². The summed E-state index contributed by atoms with van der Waals surface area (Å²) in [6, 6.07) is 36.3. The van der Waals surface area contributed by atoms with Gasteiger partial charge in [0.05, 0.1) is 5.69 Å². The van der Waals surface area contributed by atoms with Crippen LogP contribution in [0.15, 0.2) is 134 Å². The number of benzene rings is 4. The van der Waals surface area contributed by atoms with Crippen LogP contribution in [0.25, 0.3) is 27.8 Å². The summed E-state index contributed by atoms with van der Waals surface area (Å²) in [6.45, 7) is 4.29. The molecule has 0 bridgehead atoms. The van der Waals surface area contributed by atoms with Crippen LogP contribution in [-0.2, 0) is 0 Å². The number of hydrogen-bond donors (Lipinski definition) is 0. The summed E-state index contributed by atoms with van der Waals surface area (Å²) in [5.74, 6) is 0. The Labute approximate surface area is 183 Å². The molecule has 1 nitrogen and oxygen atoms in total. The highest BCUT2D eigenvalue weighted by molar-refractivity contribution is 5.88. The normalized spacial score (nSPS) is 15.0. The predicted molar refractivity (Wildman–Crippen MR) is 133 cm³/mol. The third-order valence-corrected chi connectivity index (χ3v) is 5.61. The van der Waals surface area contributed by atoms with Crippen LogP contribution in [0.5, 0.6) is 0 Å². The van der Waals surface area contributed by atoms with Crippen molar-refractivity contribution in [2.24, 2.45) is 0 Å². The first-order valence-corrected chi connectivity index (χ1v) is 10.5. The highest BCUT2D eigenvalue weighted by Gasteiger charge is 2.15. The molecule has 1 aliphatic rings. The molecule has 0 spiro atoms. The quantitative estimate of drug-likeness (QED) is 0.336. The summed E-state index contributed by atoms with van der Waals surface area (Å²) in [4.78, 5) is 2.23. The van der Waals surface area contributed by atoms with Crippen molar-refractivity contribution in [2.45, 2.75) is 0 Å². The molecule has 31 heavy (non-hydrogen) atoms. The van der Waals surface area contributed by atoms with Gasteiger partial charge in [0, 0.05) is 17.5 Å². The van der Waals surface area contributed by atoms with E-state index < -0.39 is 0 Å². The maximum atomic E-state index is 4.29. The Bertz CT molecular complexity index is 1260. The summed E-state index contributed by atoms with van der Waals surface area (Å²) in [6.07, 6.45) is 8.27. The highest BCUT2D eigenvalue weighted by Crippen LogP contribution is 2.37. The molecule has 1 heterocycles. The van der Waals surface area contributed by atoms with Crippen molar-refractivity contribution >= 4 is 16.9 Å². The molecule has 0 fully saturated rings. The Balaban J connectivity index is 1.58. The van der Waals surface area contributed by atoms with Gasteiger partial charge in [0.2, 0.25) is 0 Å². The zero-order chi connectivity index (χ0) is 21.0. The van der Waals surface area contributed by atoms with Crippen LogP contribution < -0.4 is 4.90 Å². The van der Waals surface area contributed by atoms with Crippen molar-refractivity contribution in [3.8, 4) is 22.3 Å². The fourth-order valence-corrected chi connectivity index (χ4v) is 3.96. The first kappa shape index (κ1) is 18.9. The van der Waals surface area contributed by atoms with Gasteiger partial charge in [-0.3, -0.25) is 0 Å². The van der Waals surface area contributed by atoms with E-state index in [4.69, 9.17) is 0 Å². The molecular formula is C30H23N. The summed E-state index contributed by atoms with van der Waals surface area (Å²) >= 11 is 0. The molecule has 0 N–H and O–H groups in total. The van der Waals surface area contributed by atoms with Crippen LogP contribution in [0.1, 0.15) is 5.56 Å². The van der Waals surface area contributed by atoms with Gasteiger partial charge in [0.15, 0.2) is 0 Å². The van der Waals surface area contributed by atoms with E-state index in [0.29, 0.717) is 0 Å². The monoisotopic (exact) mass is 397 g/mol. The molecule has 148 valence electrons. The van der Waals surface area contributed by atoms with E-state index >= 15 is 0 Å². The van der Waals surface area contributed by atoms with Crippen LogP contribution in [0.4, 0.5) is 11.4 Å². The second-order valence-corrected chi connectivity index (χ2v) is 7.61. The smallest absolute Gasteiger partial charge is 0.0539 e. The molecule has 0 unspecified atom stereocenters. The molecular weight excluding hydrogens is 374 g/mol. The SMILES string of the molecule is C=C1/C=C\C=C/N(c2ccccc2)c2cc(-c3ccc(-c4ccccc4)cc3)ccc21. The Morgan fingerprint density at radius 2 is 1.13 bits per heavy atom. The lowest BCUT2D eigenvalue weighted by atomic mass is 9.96. The molecule has 1 heteroatoms. The van der Waals surface area contributed by atoms with Gasteiger partial charge in [0.1, 0.15) is 0 Å². The number of para-hydroxylation sites is 1. The lowest BCUT2D eigenvalue weighted by Gasteiger charge is -2.26. The average molecular weight is 398 g/mol. The average Bonchev–Trinajstić information content (AvgIpc) is 2.84. The Kier molecular flexibility index (Phi) is 5.08. The molecule has 0 saturated carbocycles. The van der Waals surface area contributed by atoms with Gasteiger partial charge in [-0.2, -0.15) is 0 Å². The van der Waals surface area contributed by atoms with E-state index in [-0.39, 0.29) is 0 Å². The summed E-state index contributed by atoms with van der Waals surface area (Å²) in [5.41, 5.74) is 9.23. The molecule has 0 radical (unpaired) electrons. The van der Waals surface area contributed by atoms with Crippen molar-refractivity contribution in [3.63, 3.8) is 0 Å². The number of nitrogens with zero attached hydrogens (tertiary/aromatic N) is 1. The van der Waals surface area contributed by atoms with Crippen molar-refractivity contribution in [3.05, 3.63) is 140 Å². The van der Waals surface area contributed by atoms with Gasteiger partial charge in [-0.15, -0.1) is 0 Å². The molecule has 5 rings (SSSR count). The third kappa shape index (κ3) is 3.86. The lowest BCUT2D eigenvalue weighted by Crippen LogP contribution is -2.11. The molecule has 0 amide bonds. The molecule has 0 saturated heterocycles. The van der Waals surface area contributed by atoms with E-state index in [1.165, 1.54) is 22.3 Å². The Morgan fingerprint density at radius 3 is 1.84 bits per heavy atom. The van der Waals surface area contributed by atoms with Gasteiger partial charge in [0.25, 0.3) is 0 Å². The maximum Gasteiger partial charge on any atom is 0.0539 e. The predicted octanol–water partition coefficient (Wildman–Crippen LogP) is 8.26.